The highest BCUT2D eigenvalue weighted by Gasteiger charge is 2.26. The smallest absolute Gasteiger partial charge is 0.256 e. The van der Waals surface area contributed by atoms with Gasteiger partial charge in [0.1, 0.15) is 0 Å². The average Bonchev–Trinajstić information content (AvgIpc) is 3.19. The fraction of sp³-hybridized carbons (Fsp3) is 0.440. The lowest BCUT2D eigenvalue weighted by Gasteiger charge is -2.29. The van der Waals surface area contributed by atoms with Gasteiger partial charge in [-0.05, 0) is 49.1 Å². The number of rotatable bonds is 4. The summed E-state index contributed by atoms with van der Waals surface area (Å²) in [5.41, 5.74) is 3.34. The first-order valence-electron chi connectivity index (χ1n) is 11.1. The molecular formula is C25H29N3O2. The van der Waals surface area contributed by atoms with E-state index in [1.807, 2.05) is 17.2 Å². The van der Waals surface area contributed by atoms with Crippen LogP contribution >= 0.6 is 0 Å². The maximum Gasteiger partial charge on any atom is 0.256 e. The molecule has 2 aliphatic rings. The van der Waals surface area contributed by atoms with Crippen molar-refractivity contribution in [3.8, 4) is 0 Å². The Hall–Kier alpha value is -2.66. The molecule has 2 aromatic heterocycles. The van der Waals surface area contributed by atoms with Crippen LogP contribution in [-0.2, 0) is 11.3 Å². The average molecular weight is 404 g/mol. The highest BCUT2D eigenvalue weighted by molar-refractivity contribution is 6.06. The summed E-state index contributed by atoms with van der Waals surface area (Å²) in [5, 5.41) is 1.01. The Morgan fingerprint density at radius 2 is 1.80 bits per heavy atom. The maximum atomic E-state index is 13.2. The van der Waals surface area contributed by atoms with E-state index in [0.717, 1.165) is 23.0 Å². The summed E-state index contributed by atoms with van der Waals surface area (Å²) in [4.78, 5) is 19.4. The van der Waals surface area contributed by atoms with Crippen LogP contribution in [0.1, 0.15) is 47.5 Å². The van der Waals surface area contributed by atoms with Gasteiger partial charge in [-0.15, -0.1) is 0 Å². The van der Waals surface area contributed by atoms with Crippen LogP contribution in [0.4, 0.5) is 0 Å². The van der Waals surface area contributed by atoms with Gasteiger partial charge in [0.05, 0.1) is 30.5 Å². The van der Waals surface area contributed by atoms with Gasteiger partial charge in [-0.25, -0.2) is 0 Å². The molecule has 0 spiro atoms. The van der Waals surface area contributed by atoms with Crippen LogP contribution < -0.4 is 0 Å². The molecule has 5 rings (SSSR count). The summed E-state index contributed by atoms with van der Waals surface area (Å²) in [6.07, 6.45) is 10.7. The van der Waals surface area contributed by atoms with Gasteiger partial charge >= 0.3 is 0 Å². The van der Waals surface area contributed by atoms with E-state index in [1.54, 1.807) is 6.20 Å². The molecule has 0 unspecified atom stereocenters. The lowest BCUT2D eigenvalue weighted by molar-refractivity contribution is 0.0304. The topological polar surface area (TPSA) is 47.4 Å². The highest BCUT2D eigenvalue weighted by atomic mass is 16.5. The first-order chi connectivity index (χ1) is 14.8. The minimum atomic E-state index is 0.112. The second-order valence-electron chi connectivity index (χ2n) is 8.62. The van der Waals surface area contributed by atoms with Gasteiger partial charge in [0.25, 0.3) is 5.91 Å². The first-order valence-corrected chi connectivity index (χ1v) is 11.1. The van der Waals surface area contributed by atoms with Gasteiger partial charge < -0.3 is 14.2 Å². The molecule has 0 bridgehead atoms. The van der Waals surface area contributed by atoms with Crippen molar-refractivity contribution in [2.45, 2.75) is 38.1 Å². The molecule has 3 aromatic rings. The molecule has 0 radical (unpaired) electrons. The molecule has 0 N–H and O–H groups in total. The summed E-state index contributed by atoms with van der Waals surface area (Å²) in [5.74, 6) is 1.44. The Bertz CT molecular complexity index is 1000. The molecular weight excluding hydrogens is 374 g/mol. The van der Waals surface area contributed by atoms with E-state index in [9.17, 15) is 4.79 Å². The van der Waals surface area contributed by atoms with E-state index in [2.05, 4.69) is 46.1 Å². The van der Waals surface area contributed by atoms with E-state index < -0.39 is 0 Å². The highest BCUT2D eigenvalue weighted by Crippen LogP contribution is 2.37. The van der Waals surface area contributed by atoms with Crippen LogP contribution in [0.5, 0.6) is 0 Å². The van der Waals surface area contributed by atoms with Gasteiger partial charge in [0, 0.05) is 37.4 Å². The second-order valence-corrected chi connectivity index (χ2v) is 8.62. The zero-order valence-corrected chi connectivity index (χ0v) is 17.4. The number of nitrogens with zero attached hydrogens (tertiary/aromatic N) is 3. The summed E-state index contributed by atoms with van der Waals surface area (Å²) < 4.78 is 7.68. The SMILES string of the molecule is O=C(c1cn(CC2CCC(c3ccccc3)CC2)c2cnccc12)N1CCOCC1. The third-order valence-electron chi connectivity index (χ3n) is 6.79. The Morgan fingerprint density at radius 1 is 1.03 bits per heavy atom. The molecule has 156 valence electrons. The van der Waals surface area contributed by atoms with E-state index in [-0.39, 0.29) is 5.91 Å². The van der Waals surface area contributed by atoms with Crippen molar-refractivity contribution in [2.24, 2.45) is 5.92 Å². The lowest BCUT2D eigenvalue weighted by atomic mass is 9.78. The van der Waals surface area contributed by atoms with Gasteiger partial charge in [-0.1, -0.05) is 30.3 Å². The van der Waals surface area contributed by atoms with E-state index in [4.69, 9.17) is 4.74 Å². The number of hydrogen-bond acceptors (Lipinski definition) is 3. The monoisotopic (exact) mass is 403 g/mol. The van der Waals surface area contributed by atoms with Crippen LogP contribution in [-0.4, -0.2) is 46.7 Å². The summed E-state index contributed by atoms with van der Waals surface area (Å²) in [6.45, 7) is 3.54. The van der Waals surface area contributed by atoms with Crippen molar-refractivity contribution in [1.29, 1.82) is 0 Å². The number of carbonyl (C=O) groups is 1. The number of amides is 1. The zero-order chi connectivity index (χ0) is 20.3. The van der Waals surface area contributed by atoms with Crippen molar-refractivity contribution >= 4 is 16.8 Å². The van der Waals surface area contributed by atoms with Crippen molar-refractivity contribution in [3.63, 3.8) is 0 Å². The standard InChI is InChI=1S/C25H29N3O2/c29-25(27-12-14-30-15-13-27)23-18-28(24-16-26-11-10-22(23)24)17-19-6-8-21(9-7-19)20-4-2-1-3-5-20/h1-5,10-11,16,18-19,21H,6-9,12-15,17H2. The zero-order valence-electron chi connectivity index (χ0n) is 17.4. The van der Waals surface area contributed by atoms with Crippen LogP contribution in [0.25, 0.3) is 10.9 Å². The summed E-state index contributed by atoms with van der Waals surface area (Å²) >= 11 is 0. The molecule has 1 aliphatic carbocycles. The molecule has 1 aliphatic heterocycles. The Kier molecular flexibility index (Phi) is 5.54. The predicted octanol–water partition coefficient (Wildman–Crippen LogP) is 4.48. The molecule has 1 amide bonds. The summed E-state index contributed by atoms with van der Waals surface area (Å²) in [6, 6.07) is 12.9. The molecule has 1 saturated heterocycles. The Labute approximate surface area is 177 Å². The minimum Gasteiger partial charge on any atom is -0.378 e. The molecule has 5 nitrogen and oxygen atoms in total. The number of pyridine rings is 1. The van der Waals surface area contributed by atoms with Crippen molar-refractivity contribution in [3.05, 3.63) is 66.1 Å². The van der Waals surface area contributed by atoms with Gasteiger partial charge in [0.15, 0.2) is 0 Å². The van der Waals surface area contributed by atoms with Crippen molar-refractivity contribution < 1.29 is 9.53 Å². The fourth-order valence-electron chi connectivity index (χ4n) is 5.08. The molecule has 1 aromatic carbocycles. The molecule has 3 heterocycles. The van der Waals surface area contributed by atoms with Crippen LogP contribution in [0.15, 0.2) is 55.0 Å². The van der Waals surface area contributed by atoms with Gasteiger partial charge in [-0.2, -0.15) is 0 Å². The number of aromatic nitrogens is 2. The normalized spacial score (nSPS) is 22.3. The van der Waals surface area contributed by atoms with Crippen LogP contribution in [0.2, 0.25) is 0 Å². The van der Waals surface area contributed by atoms with Crippen molar-refractivity contribution in [2.75, 3.05) is 26.3 Å². The van der Waals surface area contributed by atoms with E-state index >= 15 is 0 Å². The van der Waals surface area contributed by atoms with Gasteiger partial charge in [0.2, 0.25) is 0 Å². The number of ether oxygens (including phenoxy) is 1. The second kappa shape index (κ2) is 8.60. The van der Waals surface area contributed by atoms with Crippen LogP contribution in [0, 0.1) is 5.92 Å². The lowest BCUT2D eigenvalue weighted by Crippen LogP contribution is -2.40. The van der Waals surface area contributed by atoms with Crippen molar-refractivity contribution in [1.82, 2.24) is 14.5 Å². The quantitative estimate of drug-likeness (QED) is 0.645. The van der Waals surface area contributed by atoms with E-state index in [1.165, 1.54) is 31.2 Å². The number of carbonyl (C=O) groups excluding carboxylic acids is 1. The summed E-state index contributed by atoms with van der Waals surface area (Å²) in [7, 11) is 0. The number of fused-ring (bicyclic) bond motifs is 1. The minimum absolute atomic E-state index is 0.112. The molecule has 0 atom stereocenters. The third kappa shape index (κ3) is 3.86. The molecule has 5 heteroatoms. The molecule has 30 heavy (non-hydrogen) atoms. The van der Waals surface area contributed by atoms with Gasteiger partial charge in [-0.3, -0.25) is 9.78 Å². The number of benzene rings is 1. The Balaban J connectivity index is 1.32. The Morgan fingerprint density at radius 3 is 2.57 bits per heavy atom. The van der Waals surface area contributed by atoms with E-state index in [0.29, 0.717) is 38.1 Å². The maximum absolute atomic E-state index is 13.2. The molecule has 2 fully saturated rings. The largest absolute Gasteiger partial charge is 0.378 e. The fourth-order valence-corrected chi connectivity index (χ4v) is 5.08. The number of morpholine rings is 1. The predicted molar refractivity (Wildman–Crippen MR) is 118 cm³/mol. The number of hydrogen-bond donors (Lipinski definition) is 0. The van der Waals surface area contributed by atoms with Crippen LogP contribution in [0.3, 0.4) is 0 Å². The first kappa shape index (κ1) is 19.3. The molecule has 1 saturated carbocycles. The third-order valence-corrected chi connectivity index (χ3v) is 6.79.